The highest BCUT2D eigenvalue weighted by molar-refractivity contribution is 7.91. The summed E-state index contributed by atoms with van der Waals surface area (Å²) < 4.78 is 23.8. The highest BCUT2D eigenvalue weighted by atomic mass is 32.2. The molecule has 0 bridgehead atoms. The summed E-state index contributed by atoms with van der Waals surface area (Å²) in [4.78, 5) is 16.3. The SMILES string of the molecule is CS(=O)(=O)C(C(=O)c1ccccn1)c1ccccc1. The summed E-state index contributed by atoms with van der Waals surface area (Å²) in [5.74, 6) is -0.505. The average molecular weight is 275 g/mol. The maximum Gasteiger partial charge on any atom is 0.203 e. The van der Waals surface area contributed by atoms with E-state index in [1.165, 1.54) is 12.3 Å². The summed E-state index contributed by atoms with van der Waals surface area (Å²) in [6.45, 7) is 0. The van der Waals surface area contributed by atoms with Gasteiger partial charge in [0.05, 0.1) is 0 Å². The predicted octanol–water partition coefficient (Wildman–Crippen LogP) is 2.05. The number of Topliss-reactive ketones (excluding diaryl/α,β-unsaturated/α-hetero) is 1. The monoisotopic (exact) mass is 275 g/mol. The molecular weight excluding hydrogens is 262 g/mol. The number of sulfone groups is 1. The summed E-state index contributed by atoms with van der Waals surface area (Å²) >= 11 is 0. The van der Waals surface area contributed by atoms with Crippen LogP contribution in [-0.2, 0) is 9.84 Å². The first kappa shape index (κ1) is 13.4. The van der Waals surface area contributed by atoms with Crippen LogP contribution in [0.15, 0.2) is 54.7 Å². The summed E-state index contributed by atoms with van der Waals surface area (Å²) in [6, 6.07) is 13.3. The molecule has 0 spiro atoms. The van der Waals surface area contributed by atoms with Gasteiger partial charge in [-0.15, -0.1) is 0 Å². The van der Waals surface area contributed by atoms with E-state index in [-0.39, 0.29) is 5.69 Å². The van der Waals surface area contributed by atoms with Crippen LogP contribution in [-0.4, -0.2) is 25.4 Å². The number of benzene rings is 1. The van der Waals surface area contributed by atoms with Gasteiger partial charge in [0.2, 0.25) is 5.78 Å². The van der Waals surface area contributed by atoms with Crippen LogP contribution < -0.4 is 0 Å². The molecule has 1 unspecified atom stereocenters. The van der Waals surface area contributed by atoms with Gasteiger partial charge in [-0.25, -0.2) is 8.42 Å². The summed E-state index contributed by atoms with van der Waals surface area (Å²) in [6.07, 6.45) is 2.53. The lowest BCUT2D eigenvalue weighted by molar-refractivity contribution is 0.0982. The van der Waals surface area contributed by atoms with E-state index in [2.05, 4.69) is 4.98 Å². The highest BCUT2D eigenvalue weighted by Crippen LogP contribution is 2.25. The van der Waals surface area contributed by atoms with Gasteiger partial charge in [-0.2, -0.15) is 0 Å². The number of carbonyl (C=O) groups is 1. The minimum atomic E-state index is -3.55. The Morgan fingerprint density at radius 1 is 1.05 bits per heavy atom. The Kier molecular flexibility index (Phi) is 3.76. The number of hydrogen-bond acceptors (Lipinski definition) is 4. The first-order valence-corrected chi connectivity index (χ1v) is 7.64. The van der Waals surface area contributed by atoms with Crippen LogP contribution >= 0.6 is 0 Å². The molecule has 0 radical (unpaired) electrons. The number of rotatable bonds is 4. The van der Waals surface area contributed by atoms with Crippen LogP contribution in [0.5, 0.6) is 0 Å². The lowest BCUT2D eigenvalue weighted by Crippen LogP contribution is -2.22. The number of nitrogens with zero attached hydrogens (tertiary/aromatic N) is 1. The van der Waals surface area contributed by atoms with Gasteiger partial charge >= 0.3 is 0 Å². The molecule has 0 fully saturated rings. The van der Waals surface area contributed by atoms with Crippen LogP contribution in [0.25, 0.3) is 0 Å². The molecule has 19 heavy (non-hydrogen) atoms. The van der Waals surface area contributed by atoms with Crippen molar-refractivity contribution in [2.24, 2.45) is 0 Å². The first-order valence-electron chi connectivity index (χ1n) is 5.69. The van der Waals surface area contributed by atoms with Crippen molar-refractivity contribution in [3.63, 3.8) is 0 Å². The zero-order valence-electron chi connectivity index (χ0n) is 10.4. The molecule has 5 heteroatoms. The van der Waals surface area contributed by atoms with Crippen molar-refractivity contribution < 1.29 is 13.2 Å². The van der Waals surface area contributed by atoms with Crippen molar-refractivity contribution in [2.75, 3.05) is 6.26 Å². The number of aromatic nitrogens is 1. The summed E-state index contributed by atoms with van der Waals surface area (Å²) in [7, 11) is -3.55. The molecule has 1 aromatic heterocycles. The van der Waals surface area contributed by atoms with E-state index in [4.69, 9.17) is 0 Å². The fourth-order valence-electron chi connectivity index (χ4n) is 1.86. The number of ketones is 1. The van der Waals surface area contributed by atoms with Gasteiger partial charge in [-0.1, -0.05) is 36.4 Å². The zero-order chi connectivity index (χ0) is 13.9. The fraction of sp³-hybridized carbons (Fsp3) is 0.143. The normalized spacial score (nSPS) is 12.9. The molecule has 4 nitrogen and oxygen atoms in total. The molecule has 1 atom stereocenters. The molecule has 2 rings (SSSR count). The Morgan fingerprint density at radius 3 is 2.21 bits per heavy atom. The van der Waals surface area contributed by atoms with Gasteiger partial charge in [0, 0.05) is 12.5 Å². The number of carbonyl (C=O) groups excluding carboxylic acids is 1. The zero-order valence-corrected chi connectivity index (χ0v) is 11.2. The summed E-state index contributed by atoms with van der Waals surface area (Å²) in [5, 5.41) is -1.21. The first-order chi connectivity index (χ1) is 9.00. The lowest BCUT2D eigenvalue weighted by atomic mass is 10.1. The molecule has 0 N–H and O–H groups in total. The van der Waals surface area contributed by atoms with Crippen LogP contribution in [0.2, 0.25) is 0 Å². The molecule has 0 aliphatic carbocycles. The van der Waals surface area contributed by atoms with E-state index in [1.54, 1.807) is 42.5 Å². The predicted molar refractivity (Wildman–Crippen MR) is 72.6 cm³/mol. The number of hydrogen-bond donors (Lipinski definition) is 0. The van der Waals surface area contributed by atoms with E-state index in [9.17, 15) is 13.2 Å². The third-order valence-corrected chi connectivity index (χ3v) is 4.03. The maximum atomic E-state index is 12.4. The molecule has 0 aliphatic heterocycles. The Balaban J connectivity index is 2.50. The molecular formula is C14H13NO3S. The Labute approximate surface area is 112 Å². The smallest absolute Gasteiger partial charge is 0.203 e. The van der Waals surface area contributed by atoms with E-state index in [0.29, 0.717) is 5.56 Å². The Hall–Kier alpha value is -2.01. The van der Waals surface area contributed by atoms with Crippen molar-refractivity contribution in [1.29, 1.82) is 0 Å². The largest absolute Gasteiger partial charge is 0.291 e. The van der Waals surface area contributed by atoms with Crippen molar-refractivity contribution in [1.82, 2.24) is 4.98 Å². The molecule has 1 heterocycles. The van der Waals surface area contributed by atoms with Crippen molar-refractivity contribution in [3.8, 4) is 0 Å². The minimum absolute atomic E-state index is 0.154. The van der Waals surface area contributed by atoms with Crippen LogP contribution in [0.3, 0.4) is 0 Å². The van der Waals surface area contributed by atoms with E-state index in [1.807, 2.05) is 0 Å². The third-order valence-electron chi connectivity index (χ3n) is 2.69. The van der Waals surface area contributed by atoms with Gasteiger partial charge in [0.15, 0.2) is 15.1 Å². The van der Waals surface area contributed by atoms with Gasteiger partial charge in [0.1, 0.15) is 5.69 Å². The third kappa shape index (κ3) is 3.06. The molecule has 0 saturated heterocycles. The second-order valence-electron chi connectivity index (χ2n) is 4.20. The summed E-state index contributed by atoms with van der Waals surface area (Å²) in [5.41, 5.74) is 0.613. The molecule has 98 valence electrons. The standard InChI is InChI=1S/C14H13NO3S/c1-19(17,18)14(11-7-3-2-4-8-11)13(16)12-9-5-6-10-15-12/h2-10,14H,1H3. The van der Waals surface area contributed by atoms with Crippen molar-refractivity contribution >= 4 is 15.6 Å². The average Bonchev–Trinajstić information content (AvgIpc) is 2.39. The van der Waals surface area contributed by atoms with Gasteiger partial charge in [-0.3, -0.25) is 9.78 Å². The van der Waals surface area contributed by atoms with Crippen LogP contribution in [0.4, 0.5) is 0 Å². The lowest BCUT2D eigenvalue weighted by Gasteiger charge is -2.13. The second kappa shape index (κ2) is 5.32. The van der Waals surface area contributed by atoms with Gasteiger partial charge in [0.25, 0.3) is 0 Å². The topological polar surface area (TPSA) is 64.1 Å². The maximum absolute atomic E-state index is 12.4. The molecule has 2 aromatic rings. The fourth-order valence-corrected chi connectivity index (χ4v) is 3.02. The van der Waals surface area contributed by atoms with Gasteiger partial charge < -0.3 is 0 Å². The molecule has 0 amide bonds. The van der Waals surface area contributed by atoms with E-state index < -0.39 is 20.9 Å². The Morgan fingerprint density at radius 2 is 1.68 bits per heavy atom. The van der Waals surface area contributed by atoms with Crippen LogP contribution in [0.1, 0.15) is 21.3 Å². The van der Waals surface area contributed by atoms with E-state index in [0.717, 1.165) is 6.26 Å². The second-order valence-corrected chi connectivity index (χ2v) is 6.33. The van der Waals surface area contributed by atoms with Crippen molar-refractivity contribution in [2.45, 2.75) is 5.25 Å². The van der Waals surface area contributed by atoms with Gasteiger partial charge in [-0.05, 0) is 17.7 Å². The molecule has 0 saturated carbocycles. The number of pyridine rings is 1. The highest BCUT2D eigenvalue weighted by Gasteiger charge is 2.31. The minimum Gasteiger partial charge on any atom is -0.291 e. The molecule has 1 aromatic carbocycles. The quantitative estimate of drug-likeness (QED) is 0.801. The molecule has 0 aliphatic rings. The van der Waals surface area contributed by atoms with E-state index >= 15 is 0 Å². The van der Waals surface area contributed by atoms with Crippen molar-refractivity contribution in [3.05, 3.63) is 66.0 Å². The Bertz CT molecular complexity index is 666. The van der Waals surface area contributed by atoms with Crippen LogP contribution in [0, 0.1) is 0 Å².